The highest BCUT2D eigenvalue weighted by Gasteiger charge is 2.40. The van der Waals surface area contributed by atoms with E-state index in [1.807, 2.05) is 12.3 Å². The molecule has 0 unspecified atom stereocenters. The highest BCUT2D eigenvalue weighted by atomic mass is 16.7. The highest BCUT2D eigenvalue weighted by Crippen LogP contribution is 2.40. The van der Waals surface area contributed by atoms with E-state index >= 15 is 0 Å². The van der Waals surface area contributed by atoms with E-state index in [0.717, 1.165) is 24.8 Å². The minimum Gasteiger partial charge on any atom is -0.378 e. The average molecular weight is 220 g/mol. The lowest BCUT2D eigenvalue weighted by molar-refractivity contribution is -0.163. The molecule has 0 amide bonds. The van der Waals surface area contributed by atoms with Crippen molar-refractivity contribution in [3.05, 3.63) is 23.9 Å². The Morgan fingerprint density at radius 3 is 2.88 bits per heavy atom. The van der Waals surface area contributed by atoms with Crippen molar-refractivity contribution in [2.75, 3.05) is 19.8 Å². The first-order valence-electron chi connectivity index (χ1n) is 5.51. The molecule has 4 heteroatoms. The zero-order chi connectivity index (χ0) is 11.4. The molecule has 1 N–H and O–H groups in total. The van der Waals surface area contributed by atoms with Gasteiger partial charge in [0.15, 0.2) is 5.79 Å². The van der Waals surface area contributed by atoms with Crippen molar-refractivity contribution in [2.24, 2.45) is 0 Å². The van der Waals surface area contributed by atoms with Gasteiger partial charge in [-0.15, -0.1) is 0 Å². The summed E-state index contributed by atoms with van der Waals surface area (Å²) in [6.07, 6.45) is 4.36. The van der Waals surface area contributed by atoms with E-state index in [9.17, 15) is 0 Å². The molecule has 86 valence electrons. The first-order chi connectivity index (χ1) is 7.76. The number of nitrogens with zero attached hydrogens (tertiary/aromatic N) is 1. The molecule has 0 aromatic rings. The molecular weight excluding hydrogens is 204 g/mol. The van der Waals surface area contributed by atoms with Crippen LogP contribution in [-0.2, 0) is 9.47 Å². The monoisotopic (exact) mass is 220 g/mol. The molecule has 0 atom stereocenters. The molecular formula is C12H16N2O2. The first-order valence-corrected chi connectivity index (χ1v) is 5.51. The van der Waals surface area contributed by atoms with Gasteiger partial charge in [-0.1, -0.05) is 6.58 Å². The van der Waals surface area contributed by atoms with Crippen molar-refractivity contribution in [3.63, 3.8) is 0 Å². The van der Waals surface area contributed by atoms with Gasteiger partial charge in [0.2, 0.25) is 0 Å². The van der Waals surface area contributed by atoms with Gasteiger partial charge in [0.1, 0.15) is 6.54 Å². The molecule has 0 aromatic heterocycles. The number of allylic oxidation sites excluding steroid dienone is 1. The van der Waals surface area contributed by atoms with Gasteiger partial charge in [-0.3, -0.25) is 0 Å². The fourth-order valence-corrected chi connectivity index (χ4v) is 2.17. The van der Waals surface area contributed by atoms with Gasteiger partial charge < -0.3 is 14.8 Å². The van der Waals surface area contributed by atoms with Gasteiger partial charge in [0.05, 0.1) is 19.3 Å². The van der Waals surface area contributed by atoms with Gasteiger partial charge >= 0.3 is 0 Å². The quantitative estimate of drug-likeness (QED) is 0.565. The van der Waals surface area contributed by atoms with E-state index in [1.165, 1.54) is 5.57 Å². The first kappa shape index (κ1) is 11.2. The molecule has 1 heterocycles. The Hall–Kier alpha value is -1.31. The van der Waals surface area contributed by atoms with Crippen LogP contribution in [0.1, 0.15) is 19.3 Å². The predicted octanol–water partition coefficient (Wildman–Crippen LogP) is 1.47. The second kappa shape index (κ2) is 4.69. The summed E-state index contributed by atoms with van der Waals surface area (Å²) in [5, 5.41) is 11.4. The van der Waals surface area contributed by atoms with Crippen molar-refractivity contribution >= 4 is 0 Å². The zero-order valence-electron chi connectivity index (χ0n) is 9.29. The summed E-state index contributed by atoms with van der Waals surface area (Å²) < 4.78 is 11.3. The largest absolute Gasteiger partial charge is 0.378 e. The van der Waals surface area contributed by atoms with Crippen LogP contribution in [0.2, 0.25) is 0 Å². The third-order valence-electron chi connectivity index (χ3n) is 2.98. The maximum Gasteiger partial charge on any atom is 0.172 e. The molecule has 1 spiro atoms. The molecule has 4 nitrogen and oxygen atoms in total. The second-order valence-corrected chi connectivity index (χ2v) is 4.10. The molecule has 0 aromatic carbocycles. The molecule has 2 fully saturated rings. The van der Waals surface area contributed by atoms with Crippen molar-refractivity contribution in [3.8, 4) is 6.07 Å². The number of hydrogen-bond donors (Lipinski definition) is 1. The van der Waals surface area contributed by atoms with E-state index in [0.29, 0.717) is 19.8 Å². The number of rotatable bonds is 2. The van der Waals surface area contributed by atoms with Crippen LogP contribution >= 0.6 is 0 Å². The van der Waals surface area contributed by atoms with Crippen molar-refractivity contribution in [2.45, 2.75) is 25.0 Å². The van der Waals surface area contributed by atoms with Crippen LogP contribution in [0.4, 0.5) is 0 Å². The molecule has 0 bridgehead atoms. The Morgan fingerprint density at radius 1 is 1.50 bits per heavy atom. The SMILES string of the molecule is C=C1CC2(CC/C1=C/NCC#N)OCCO2. The number of nitriles is 1. The Morgan fingerprint density at radius 2 is 2.25 bits per heavy atom. The smallest absolute Gasteiger partial charge is 0.172 e. The van der Waals surface area contributed by atoms with Crippen LogP contribution in [0, 0.1) is 11.3 Å². The lowest BCUT2D eigenvalue weighted by Crippen LogP contribution is -2.34. The van der Waals surface area contributed by atoms with Crippen LogP contribution in [0.25, 0.3) is 0 Å². The number of ether oxygens (including phenoxy) is 2. The fraction of sp³-hybridized carbons (Fsp3) is 0.583. The molecule has 2 rings (SSSR count). The summed E-state index contributed by atoms with van der Waals surface area (Å²) in [6, 6.07) is 2.04. The molecule has 0 radical (unpaired) electrons. The Bertz CT molecular complexity index is 349. The highest BCUT2D eigenvalue weighted by molar-refractivity contribution is 5.32. The lowest BCUT2D eigenvalue weighted by atomic mass is 9.86. The predicted molar refractivity (Wildman–Crippen MR) is 59.3 cm³/mol. The topological polar surface area (TPSA) is 54.3 Å². The van der Waals surface area contributed by atoms with Crippen LogP contribution < -0.4 is 5.32 Å². The molecule has 1 aliphatic heterocycles. The maximum atomic E-state index is 8.42. The summed E-state index contributed by atoms with van der Waals surface area (Å²) in [5.41, 5.74) is 2.21. The van der Waals surface area contributed by atoms with Crippen LogP contribution in [0.15, 0.2) is 23.9 Å². The van der Waals surface area contributed by atoms with Crippen LogP contribution in [-0.4, -0.2) is 25.5 Å². The maximum absolute atomic E-state index is 8.42. The van der Waals surface area contributed by atoms with E-state index < -0.39 is 5.79 Å². The van der Waals surface area contributed by atoms with Crippen molar-refractivity contribution in [1.82, 2.24) is 5.32 Å². The summed E-state index contributed by atoms with van der Waals surface area (Å²) in [6.45, 7) is 5.73. The average Bonchev–Trinajstić information content (AvgIpc) is 2.70. The summed E-state index contributed by atoms with van der Waals surface area (Å²) in [7, 11) is 0. The number of hydrogen-bond acceptors (Lipinski definition) is 4. The van der Waals surface area contributed by atoms with Gasteiger partial charge in [-0.25, -0.2) is 0 Å². The molecule has 1 saturated carbocycles. The minimum atomic E-state index is -0.413. The Balaban J connectivity index is 1.95. The standard InChI is InChI=1S/C12H16N2O2/c1-10-8-12(15-6-7-16-12)3-2-11(10)9-14-5-4-13/h9,14H,1-3,5-8H2/b11-9-. The van der Waals surface area contributed by atoms with Gasteiger partial charge in [-0.2, -0.15) is 5.26 Å². The fourth-order valence-electron chi connectivity index (χ4n) is 2.17. The van der Waals surface area contributed by atoms with E-state index in [1.54, 1.807) is 0 Å². The summed E-state index contributed by atoms with van der Waals surface area (Å²) in [4.78, 5) is 0. The Labute approximate surface area is 95.5 Å². The summed E-state index contributed by atoms with van der Waals surface area (Å²) >= 11 is 0. The molecule has 16 heavy (non-hydrogen) atoms. The second-order valence-electron chi connectivity index (χ2n) is 4.10. The lowest BCUT2D eigenvalue weighted by Gasteiger charge is -2.33. The van der Waals surface area contributed by atoms with E-state index in [-0.39, 0.29) is 0 Å². The van der Waals surface area contributed by atoms with Gasteiger partial charge in [0.25, 0.3) is 0 Å². The van der Waals surface area contributed by atoms with Crippen molar-refractivity contribution in [1.29, 1.82) is 5.26 Å². The molecule has 1 aliphatic carbocycles. The third-order valence-corrected chi connectivity index (χ3v) is 2.98. The van der Waals surface area contributed by atoms with Crippen LogP contribution in [0.3, 0.4) is 0 Å². The van der Waals surface area contributed by atoms with E-state index in [2.05, 4.69) is 11.9 Å². The van der Waals surface area contributed by atoms with Gasteiger partial charge in [-0.05, 0) is 17.6 Å². The third kappa shape index (κ3) is 2.26. The van der Waals surface area contributed by atoms with E-state index in [4.69, 9.17) is 14.7 Å². The van der Waals surface area contributed by atoms with Crippen LogP contribution in [0.5, 0.6) is 0 Å². The minimum absolute atomic E-state index is 0.328. The molecule has 1 saturated heterocycles. The van der Waals surface area contributed by atoms with Crippen molar-refractivity contribution < 1.29 is 9.47 Å². The normalized spacial score (nSPS) is 25.9. The Kier molecular flexibility index (Phi) is 3.28. The zero-order valence-corrected chi connectivity index (χ0v) is 9.29. The summed E-state index contributed by atoms with van der Waals surface area (Å²) in [5.74, 6) is -0.413. The molecule has 2 aliphatic rings. The number of nitrogens with one attached hydrogen (secondary N) is 1. The van der Waals surface area contributed by atoms with Gasteiger partial charge in [0, 0.05) is 19.0 Å².